The molecule has 2 aliphatic rings. The first-order valence-electron chi connectivity index (χ1n) is 10.9. The monoisotopic (exact) mass is 400 g/mol. The van der Waals surface area contributed by atoms with Gasteiger partial charge in [0.05, 0.1) is 29.7 Å². The minimum Gasteiger partial charge on any atom is -0.347 e. The average molecular weight is 401 g/mol. The van der Waals surface area contributed by atoms with E-state index in [4.69, 9.17) is 0 Å². The van der Waals surface area contributed by atoms with Crippen LogP contribution >= 0.6 is 0 Å². The van der Waals surface area contributed by atoms with Gasteiger partial charge in [0.15, 0.2) is 0 Å². The lowest BCUT2D eigenvalue weighted by atomic mass is 10.1. The maximum absolute atomic E-state index is 4.69. The van der Waals surface area contributed by atoms with Crippen LogP contribution in [0.3, 0.4) is 0 Å². The molecule has 2 fully saturated rings. The van der Waals surface area contributed by atoms with Crippen LogP contribution in [0, 0.1) is 0 Å². The molecule has 0 amide bonds. The molecule has 5 rings (SSSR count). The van der Waals surface area contributed by atoms with E-state index in [-0.39, 0.29) is 0 Å². The van der Waals surface area contributed by atoms with E-state index in [1.807, 2.05) is 12.4 Å². The van der Waals surface area contributed by atoms with Crippen molar-refractivity contribution in [2.24, 2.45) is 0 Å². The van der Waals surface area contributed by atoms with Gasteiger partial charge in [0.25, 0.3) is 0 Å². The van der Waals surface area contributed by atoms with Crippen LogP contribution in [0.15, 0.2) is 36.7 Å². The number of benzene rings is 1. The summed E-state index contributed by atoms with van der Waals surface area (Å²) in [6.45, 7) is 2.16. The van der Waals surface area contributed by atoms with Crippen molar-refractivity contribution in [3.05, 3.63) is 70.8 Å². The SMILES string of the molecule is C(=C\c1c[nH]c([C@@H]2CCCN2)n1)/c1ccc(/C=C/c2cnc(C3CCCN3)[nH]2)cc1. The molecule has 6 nitrogen and oxygen atoms in total. The molecule has 2 atom stereocenters. The maximum atomic E-state index is 4.69. The molecule has 0 radical (unpaired) electrons. The van der Waals surface area contributed by atoms with Crippen LogP contribution in [-0.4, -0.2) is 33.0 Å². The molecule has 2 saturated heterocycles. The van der Waals surface area contributed by atoms with E-state index in [1.54, 1.807) is 0 Å². The van der Waals surface area contributed by atoms with Gasteiger partial charge in [-0.1, -0.05) is 36.4 Å². The third-order valence-corrected chi connectivity index (χ3v) is 5.85. The molecule has 1 unspecified atom stereocenters. The lowest BCUT2D eigenvalue weighted by Gasteiger charge is -2.04. The fourth-order valence-corrected chi connectivity index (χ4v) is 4.15. The van der Waals surface area contributed by atoms with Crippen LogP contribution in [0.2, 0.25) is 0 Å². The van der Waals surface area contributed by atoms with Gasteiger partial charge in [0, 0.05) is 6.20 Å². The van der Waals surface area contributed by atoms with Gasteiger partial charge in [0.2, 0.25) is 0 Å². The quantitative estimate of drug-likeness (QED) is 0.497. The summed E-state index contributed by atoms with van der Waals surface area (Å²) in [4.78, 5) is 15.9. The summed E-state index contributed by atoms with van der Waals surface area (Å²) in [6.07, 6.45) is 17.0. The van der Waals surface area contributed by atoms with Crippen LogP contribution in [0.25, 0.3) is 24.3 Å². The van der Waals surface area contributed by atoms with Crippen molar-refractivity contribution < 1.29 is 0 Å². The normalized spacial score (nSPS) is 22.0. The molecule has 0 bridgehead atoms. The number of aromatic amines is 2. The maximum Gasteiger partial charge on any atom is 0.123 e. The molecule has 0 aliphatic carbocycles. The minimum atomic E-state index is 0.373. The fraction of sp³-hybridized carbons (Fsp3) is 0.333. The molecule has 6 heteroatoms. The van der Waals surface area contributed by atoms with E-state index >= 15 is 0 Å². The van der Waals surface area contributed by atoms with Gasteiger partial charge < -0.3 is 20.6 Å². The topological polar surface area (TPSA) is 81.4 Å². The number of hydrogen-bond acceptors (Lipinski definition) is 4. The summed E-state index contributed by atoms with van der Waals surface area (Å²) in [6, 6.07) is 9.26. The molecule has 1 aromatic carbocycles. The zero-order valence-corrected chi connectivity index (χ0v) is 17.1. The van der Waals surface area contributed by atoms with E-state index in [9.17, 15) is 0 Å². The summed E-state index contributed by atoms with van der Waals surface area (Å²) in [7, 11) is 0. The zero-order valence-electron chi connectivity index (χ0n) is 17.1. The van der Waals surface area contributed by atoms with Gasteiger partial charge in [-0.2, -0.15) is 0 Å². The number of nitrogens with zero attached hydrogens (tertiary/aromatic N) is 2. The Balaban J connectivity index is 1.19. The van der Waals surface area contributed by atoms with Gasteiger partial charge in [0.1, 0.15) is 11.6 Å². The Morgan fingerprint density at radius 3 is 2.13 bits per heavy atom. The summed E-state index contributed by atoms with van der Waals surface area (Å²) in [5, 5.41) is 6.94. The van der Waals surface area contributed by atoms with Gasteiger partial charge >= 0.3 is 0 Å². The molecule has 30 heavy (non-hydrogen) atoms. The third kappa shape index (κ3) is 4.45. The van der Waals surface area contributed by atoms with Crippen LogP contribution in [0.5, 0.6) is 0 Å². The number of aromatic nitrogens is 4. The summed E-state index contributed by atoms with van der Waals surface area (Å²) < 4.78 is 0. The Kier molecular flexibility index (Phi) is 5.59. The molecule has 0 spiro atoms. The highest BCUT2D eigenvalue weighted by Crippen LogP contribution is 2.22. The number of H-pyrrole nitrogens is 2. The predicted octanol–water partition coefficient (Wildman–Crippen LogP) is 4.32. The first kappa shape index (κ1) is 19.0. The van der Waals surface area contributed by atoms with Crippen LogP contribution < -0.4 is 10.6 Å². The summed E-state index contributed by atoms with van der Waals surface area (Å²) >= 11 is 0. The van der Waals surface area contributed by atoms with E-state index in [0.29, 0.717) is 12.1 Å². The van der Waals surface area contributed by atoms with Gasteiger partial charge in [-0.3, -0.25) is 0 Å². The number of imidazole rings is 2. The molecule has 2 aromatic heterocycles. The predicted molar refractivity (Wildman–Crippen MR) is 121 cm³/mol. The Labute approximate surface area is 176 Å². The molecule has 0 saturated carbocycles. The van der Waals surface area contributed by atoms with E-state index in [1.165, 1.54) is 12.8 Å². The number of nitrogens with one attached hydrogen (secondary N) is 4. The highest BCUT2D eigenvalue weighted by Gasteiger charge is 2.19. The van der Waals surface area contributed by atoms with E-state index in [0.717, 1.165) is 60.1 Å². The number of rotatable bonds is 6. The zero-order chi connectivity index (χ0) is 20.2. The lowest BCUT2D eigenvalue weighted by molar-refractivity contribution is 0.612. The minimum absolute atomic E-state index is 0.373. The van der Waals surface area contributed by atoms with Gasteiger partial charge in [-0.15, -0.1) is 0 Å². The second-order valence-corrected chi connectivity index (χ2v) is 8.07. The molecular weight excluding hydrogens is 372 g/mol. The molecule has 3 aromatic rings. The van der Waals surface area contributed by atoms with Crippen LogP contribution in [0.1, 0.15) is 71.9 Å². The van der Waals surface area contributed by atoms with Gasteiger partial charge in [-0.05, 0) is 62.1 Å². The Bertz CT molecular complexity index is 931. The van der Waals surface area contributed by atoms with Crippen LogP contribution in [0.4, 0.5) is 0 Å². The summed E-state index contributed by atoms with van der Waals surface area (Å²) in [5.41, 5.74) is 4.33. The smallest absolute Gasteiger partial charge is 0.123 e. The lowest BCUT2D eigenvalue weighted by Crippen LogP contribution is -2.14. The van der Waals surface area contributed by atoms with Crippen molar-refractivity contribution in [1.29, 1.82) is 0 Å². The largest absolute Gasteiger partial charge is 0.347 e. The molecule has 4 N–H and O–H groups in total. The second-order valence-electron chi connectivity index (χ2n) is 8.07. The average Bonchev–Trinajstić information content (AvgIpc) is 3.57. The van der Waals surface area contributed by atoms with Crippen LogP contribution in [-0.2, 0) is 0 Å². The summed E-state index contributed by atoms with van der Waals surface area (Å²) in [5.74, 6) is 2.08. The standard InChI is InChI=1S/C24H28N6/c1-3-21(25-13-1)23-27-15-19(29-23)11-9-17-5-7-18(8-6-17)10-12-20-16-28-24(30-20)22-4-2-14-26-22/h5-12,15-16,21-22,25-26H,1-4,13-14H2,(H,27,29)(H,28,30)/b11-9+,12-10+/t21-,22?/m0/s1. The van der Waals surface area contributed by atoms with E-state index in [2.05, 4.69) is 79.1 Å². The van der Waals surface area contributed by atoms with Crippen molar-refractivity contribution in [3.63, 3.8) is 0 Å². The third-order valence-electron chi connectivity index (χ3n) is 5.85. The highest BCUT2D eigenvalue weighted by atomic mass is 15.0. The molecule has 154 valence electrons. The number of hydrogen-bond donors (Lipinski definition) is 4. The van der Waals surface area contributed by atoms with Crippen molar-refractivity contribution in [2.75, 3.05) is 13.1 Å². The molecular formula is C24H28N6. The van der Waals surface area contributed by atoms with Crippen molar-refractivity contribution in [3.8, 4) is 0 Å². The van der Waals surface area contributed by atoms with Crippen molar-refractivity contribution in [1.82, 2.24) is 30.6 Å². The Hall–Kier alpha value is -2.96. The molecule has 2 aliphatic heterocycles. The van der Waals surface area contributed by atoms with Crippen molar-refractivity contribution in [2.45, 2.75) is 37.8 Å². The Morgan fingerprint density at radius 2 is 1.47 bits per heavy atom. The fourth-order valence-electron chi connectivity index (χ4n) is 4.15. The van der Waals surface area contributed by atoms with E-state index < -0.39 is 0 Å². The molecule has 4 heterocycles. The van der Waals surface area contributed by atoms with Gasteiger partial charge in [-0.25, -0.2) is 9.97 Å². The van der Waals surface area contributed by atoms with Crippen molar-refractivity contribution >= 4 is 24.3 Å². The second kappa shape index (κ2) is 8.81. The Morgan fingerprint density at radius 1 is 0.800 bits per heavy atom. The first-order valence-corrected chi connectivity index (χ1v) is 10.9. The first-order chi connectivity index (χ1) is 14.8. The highest BCUT2D eigenvalue weighted by molar-refractivity contribution is 5.71.